The van der Waals surface area contributed by atoms with Crippen molar-refractivity contribution in [1.82, 2.24) is 0 Å². The summed E-state index contributed by atoms with van der Waals surface area (Å²) in [6, 6.07) is 37.7. The van der Waals surface area contributed by atoms with Gasteiger partial charge < -0.3 is 19.9 Å². The van der Waals surface area contributed by atoms with Crippen LogP contribution in [0.25, 0.3) is 11.1 Å². The first kappa shape index (κ1) is 35.2. The Morgan fingerprint density at radius 2 is 1.43 bits per heavy atom. The van der Waals surface area contributed by atoms with Crippen molar-refractivity contribution < 1.29 is 32.9 Å². The molecular weight excluding hydrogens is 682 g/mol. The molecule has 0 saturated heterocycles. The van der Waals surface area contributed by atoms with Crippen molar-refractivity contribution in [1.29, 1.82) is 0 Å². The standard InChI is InChI=1S/C22H20O3.C15H16BrNO4S/c1-24-22(23)16-13-17-11-14-18(15-12-17)20-9-5-6-10-21(20)25-19-7-3-2-4-8-19;1-22(19,20)12-5-2-10(3-6-12)9-21-14-7-4-11(16)8-13(14)15(17)18/h2-12,14-15H,13,16H2,1H3;2-8,19-20H,9H2,1H3,(H2,17,18). The van der Waals surface area contributed by atoms with E-state index in [1.54, 1.807) is 42.5 Å². The molecule has 5 rings (SSSR count). The molecule has 1 amide bonds. The number of esters is 1. The zero-order valence-electron chi connectivity index (χ0n) is 26.0. The number of rotatable bonds is 11. The second-order valence-corrected chi connectivity index (χ2v) is 13.5. The minimum atomic E-state index is -2.72. The van der Waals surface area contributed by atoms with Gasteiger partial charge in [-0.15, -0.1) is 0 Å². The van der Waals surface area contributed by atoms with E-state index < -0.39 is 16.5 Å². The van der Waals surface area contributed by atoms with Crippen molar-refractivity contribution in [2.45, 2.75) is 24.3 Å². The van der Waals surface area contributed by atoms with Crippen LogP contribution in [0, 0.1) is 0 Å². The molecule has 8 nitrogen and oxygen atoms in total. The number of methoxy groups -OCH3 is 1. The maximum Gasteiger partial charge on any atom is 0.305 e. The summed E-state index contributed by atoms with van der Waals surface area (Å²) in [5.74, 6) is 1.28. The summed E-state index contributed by atoms with van der Waals surface area (Å²) in [4.78, 5) is 23.1. The molecule has 0 aliphatic heterocycles. The third kappa shape index (κ3) is 10.7. The summed E-state index contributed by atoms with van der Waals surface area (Å²) in [6.45, 7) is 0.241. The van der Waals surface area contributed by atoms with E-state index >= 15 is 0 Å². The lowest BCUT2D eigenvalue weighted by molar-refractivity contribution is -0.140. The third-order valence-electron chi connectivity index (χ3n) is 6.94. The van der Waals surface area contributed by atoms with Gasteiger partial charge in [0.15, 0.2) is 0 Å². The highest BCUT2D eigenvalue weighted by Crippen LogP contribution is 2.43. The molecule has 0 fully saturated rings. The van der Waals surface area contributed by atoms with Gasteiger partial charge in [0.1, 0.15) is 23.9 Å². The SMILES string of the molecule is COC(=O)CCc1ccc(-c2ccccc2Oc2ccccc2)cc1.CS(O)(O)c1ccc(COc2ccc(Br)cc2C(N)=O)cc1. The average Bonchev–Trinajstić information content (AvgIpc) is 3.07. The molecule has 0 radical (unpaired) electrons. The molecule has 0 aliphatic rings. The number of hydrogen-bond acceptors (Lipinski definition) is 7. The van der Waals surface area contributed by atoms with Crippen LogP contribution in [0.15, 0.2) is 131 Å². The number of halogens is 1. The van der Waals surface area contributed by atoms with Gasteiger partial charge in [0.05, 0.1) is 17.6 Å². The van der Waals surface area contributed by atoms with E-state index in [9.17, 15) is 18.7 Å². The van der Waals surface area contributed by atoms with Gasteiger partial charge in [-0.3, -0.25) is 18.7 Å². The number of carbonyl (C=O) groups is 2. The first-order chi connectivity index (χ1) is 22.5. The Hall–Kier alpha value is -4.61. The number of hydrogen-bond donors (Lipinski definition) is 3. The van der Waals surface area contributed by atoms with Crippen LogP contribution in [0.3, 0.4) is 0 Å². The van der Waals surface area contributed by atoms with Crippen molar-refractivity contribution in [3.8, 4) is 28.4 Å². The van der Waals surface area contributed by atoms with Gasteiger partial charge in [-0.25, -0.2) is 0 Å². The van der Waals surface area contributed by atoms with Gasteiger partial charge in [-0.05, 0) is 71.6 Å². The lowest BCUT2D eigenvalue weighted by atomic mass is 10.0. The Morgan fingerprint density at radius 3 is 2.06 bits per heavy atom. The number of ether oxygens (including phenoxy) is 3. The minimum Gasteiger partial charge on any atom is -0.488 e. The third-order valence-corrected chi connectivity index (χ3v) is 8.60. The first-order valence-corrected chi connectivity index (χ1v) is 17.3. The number of aryl methyl sites for hydroxylation is 1. The maximum absolute atomic E-state index is 11.4. The zero-order chi connectivity index (χ0) is 33.8. The molecule has 0 aromatic heterocycles. The van der Waals surface area contributed by atoms with Gasteiger partial charge in [0, 0.05) is 22.7 Å². The van der Waals surface area contributed by atoms with Crippen molar-refractivity contribution in [2.75, 3.05) is 13.4 Å². The average molecular weight is 719 g/mol. The fourth-order valence-corrected chi connectivity index (χ4v) is 5.45. The number of para-hydroxylation sites is 2. The monoisotopic (exact) mass is 717 g/mol. The molecule has 0 atom stereocenters. The fraction of sp³-hybridized carbons (Fsp3) is 0.135. The summed E-state index contributed by atoms with van der Waals surface area (Å²) in [5, 5.41) is 0. The first-order valence-electron chi connectivity index (χ1n) is 14.6. The largest absolute Gasteiger partial charge is 0.488 e. The summed E-state index contributed by atoms with van der Waals surface area (Å²) < 4.78 is 36.2. The molecule has 0 aliphatic carbocycles. The molecule has 0 bridgehead atoms. The Balaban J connectivity index is 0.000000215. The van der Waals surface area contributed by atoms with E-state index in [1.165, 1.54) is 13.4 Å². The highest BCUT2D eigenvalue weighted by molar-refractivity contribution is 9.10. The summed E-state index contributed by atoms with van der Waals surface area (Å²) in [7, 11) is -1.30. The molecule has 10 heteroatoms. The highest BCUT2D eigenvalue weighted by Gasteiger charge is 2.12. The summed E-state index contributed by atoms with van der Waals surface area (Å²) in [5.41, 5.74) is 9.68. The van der Waals surface area contributed by atoms with E-state index in [2.05, 4.69) is 32.8 Å². The predicted octanol–water partition coefficient (Wildman–Crippen LogP) is 9.12. The van der Waals surface area contributed by atoms with Crippen LogP contribution < -0.4 is 15.2 Å². The van der Waals surface area contributed by atoms with E-state index in [-0.39, 0.29) is 12.6 Å². The van der Waals surface area contributed by atoms with Crippen LogP contribution >= 0.6 is 26.5 Å². The lowest BCUT2D eigenvalue weighted by Crippen LogP contribution is -2.13. The van der Waals surface area contributed by atoms with Crippen molar-refractivity contribution in [3.05, 3.63) is 142 Å². The van der Waals surface area contributed by atoms with Crippen LogP contribution in [0.4, 0.5) is 0 Å². The molecule has 5 aromatic carbocycles. The number of benzene rings is 5. The van der Waals surface area contributed by atoms with Crippen molar-refractivity contribution in [3.63, 3.8) is 0 Å². The van der Waals surface area contributed by atoms with Crippen LogP contribution in [0.1, 0.15) is 27.9 Å². The molecule has 244 valence electrons. The maximum atomic E-state index is 11.4. The van der Waals surface area contributed by atoms with Crippen LogP contribution in [-0.4, -0.2) is 34.3 Å². The Morgan fingerprint density at radius 1 is 0.787 bits per heavy atom. The van der Waals surface area contributed by atoms with Gasteiger partial charge in [-0.1, -0.05) is 88.7 Å². The predicted molar refractivity (Wildman–Crippen MR) is 189 cm³/mol. The Labute approximate surface area is 284 Å². The van der Waals surface area contributed by atoms with Gasteiger partial charge in [0.25, 0.3) is 5.91 Å². The van der Waals surface area contributed by atoms with E-state index in [0.29, 0.717) is 29.1 Å². The molecule has 5 aromatic rings. The molecule has 0 spiro atoms. The van der Waals surface area contributed by atoms with Crippen LogP contribution in [0.2, 0.25) is 0 Å². The van der Waals surface area contributed by atoms with Gasteiger partial charge >= 0.3 is 5.97 Å². The quantitative estimate of drug-likeness (QED) is 0.116. The molecule has 0 saturated carbocycles. The van der Waals surface area contributed by atoms with Crippen LogP contribution in [-0.2, 0) is 22.6 Å². The van der Waals surface area contributed by atoms with Crippen molar-refractivity contribution in [2.24, 2.45) is 5.73 Å². The van der Waals surface area contributed by atoms with Crippen molar-refractivity contribution >= 4 is 38.4 Å². The lowest BCUT2D eigenvalue weighted by Gasteiger charge is -2.26. The summed E-state index contributed by atoms with van der Waals surface area (Å²) >= 11 is 3.28. The Kier molecular flexibility index (Phi) is 12.6. The van der Waals surface area contributed by atoms with Crippen LogP contribution in [0.5, 0.6) is 17.2 Å². The zero-order valence-corrected chi connectivity index (χ0v) is 28.4. The van der Waals surface area contributed by atoms with E-state index in [1.807, 2.05) is 66.7 Å². The number of primary amides is 1. The summed E-state index contributed by atoms with van der Waals surface area (Å²) in [6.07, 6.45) is 2.44. The molecule has 4 N–H and O–H groups in total. The van der Waals surface area contributed by atoms with Gasteiger partial charge in [-0.2, -0.15) is 10.6 Å². The minimum absolute atomic E-state index is 0.189. The van der Waals surface area contributed by atoms with E-state index in [0.717, 1.165) is 38.2 Å². The number of amides is 1. The second kappa shape index (κ2) is 16.8. The molecule has 47 heavy (non-hydrogen) atoms. The van der Waals surface area contributed by atoms with Gasteiger partial charge in [0.2, 0.25) is 0 Å². The highest BCUT2D eigenvalue weighted by atomic mass is 79.9. The molecular formula is C37H36BrNO7S. The number of carbonyl (C=O) groups excluding carboxylic acids is 2. The fourth-order valence-electron chi connectivity index (χ4n) is 4.43. The normalized spacial score (nSPS) is 11.1. The molecule has 0 heterocycles. The Bertz CT molecular complexity index is 1770. The molecule has 0 unspecified atom stereocenters. The van der Waals surface area contributed by atoms with E-state index in [4.69, 9.17) is 15.2 Å². The number of nitrogens with two attached hydrogens (primary N) is 1. The topological polar surface area (TPSA) is 128 Å². The smallest absolute Gasteiger partial charge is 0.305 e. The second-order valence-electron chi connectivity index (χ2n) is 10.5.